The molecule has 1 heterocycles. The lowest BCUT2D eigenvalue weighted by molar-refractivity contribution is 0.461. The largest absolute Gasteiger partial charge is 0.506 e. The third-order valence-electron chi connectivity index (χ3n) is 2.89. The fraction of sp³-hybridized carbons (Fsp3) is 0.286. The second-order valence-electron chi connectivity index (χ2n) is 4.07. The molecule has 2 aromatic rings. The topological polar surface area (TPSA) is 32.3 Å². The van der Waals surface area contributed by atoms with Gasteiger partial charge in [-0.1, -0.05) is 19.1 Å². The number of thiophene rings is 1. The van der Waals surface area contributed by atoms with Crippen molar-refractivity contribution in [2.75, 3.05) is 0 Å². The second kappa shape index (κ2) is 6.36. The van der Waals surface area contributed by atoms with E-state index in [1.54, 1.807) is 11.3 Å². The maximum atomic E-state index is 9.87. The van der Waals surface area contributed by atoms with Crippen LogP contribution in [0.3, 0.4) is 0 Å². The maximum absolute atomic E-state index is 9.87. The van der Waals surface area contributed by atoms with E-state index in [1.807, 2.05) is 18.2 Å². The highest BCUT2D eigenvalue weighted by Crippen LogP contribution is 2.27. The van der Waals surface area contributed by atoms with E-state index in [1.165, 1.54) is 10.4 Å². The van der Waals surface area contributed by atoms with Gasteiger partial charge < -0.3 is 10.4 Å². The zero-order valence-electron chi connectivity index (χ0n) is 10.2. The number of aromatic hydroxyl groups is 1. The lowest BCUT2D eigenvalue weighted by atomic mass is 10.2. The molecule has 0 atom stereocenters. The Morgan fingerprint density at radius 1 is 1.22 bits per heavy atom. The van der Waals surface area contributed by atoms with E-state index in [9.17, 15) is 5.11 Å². The predicted molar refractivity (Wildman–Crippen MR) is 80.0 cm³/mol. The first-order valence-corrected chi connectivity index (χ1v) is 7.62. The highest BCUT2D eigenvalue weighted by Gasteiger charge is 2.05. The monoisotopic (exact) mass is 325 g/mol. The average molecular weight is 326 g/mol. The van der Waals surface area contributed by atoms with Crippen LogP contribution >= 0.6 is 27.3 Å². The Morgan fingerprint density at radius 2 is 2.06 bits per heavy atom. The summed E-state index contributed by atoms with van der Waals surface area (Å²) in [5.41, 5.74) is 2.32. The van der Waals surface area contributed by atoms with Crippen LogP contribution in [-0.2, 0) is 19.5 Å². The minimum Gasteiger partial charge on any atom is -0.506 e. The van der Waals surface area contributed by atoms with Crippen molar-refractivity contribution in [2.24, 2.45) is 0 Å². The van der Waals surface area contributed by atoms with Gasteiger partial charge in [-0.15, -0.1) is 11.3 Å². The molecule has 0 unspecified atom stereocenters. The summed E-state index contributed by atoms with van der Waals surface area (Å²) >= 11 is 5.11. The normalized spacial score (nSPS) is 10.8. The van der Waals surface area contributed by atoms with Crippen molar-refractivity contribution in [1.29, 1.82) is 0 Å². The van der Waals surface area contributed by atoms with Gasteiger partial charge in [-0.05, 0) is 45.4 Å². The molecule has 2 N–H and O–H groups in total. The van der Waals surface area contributed by atoms with Gasteiger partial charge in [0.1, 0.15) is 5.75 Å². The SMILES string of the molecule is CCc1ccsc1CNCc1cccc(Br)c1O. The van der Waals surface area contributed by atoms with Crippen molar-refractivity contribution in [3.63, 3.8) is 0 Å². The summed E-state index contributed by atoms with van der Waals surface area (Å²) in [4.78, 5) is 1.38. The first kappa shape index (κ1) is 13.6. The highest BCUT2D eigenvalue weighted by molar-refractivity contribution is 9.10. The van der Waals surface area contributed by atoms with E-state index in [-0.39, 0.29) is 0 Å². The van der Waals surface area contributed by atoms with Crippen LogP contribution in [0.15, 0.2) is 34.1 Å². The van der Waals surface area contributed by atoms with Crippen LogP contribution in [0.2, 0.25) is 0 Å². The Labute approximate surface area is 120 Å². The molecule has 0 saturated heterocycles. The van der Waals surface area contributed by atoms with E-state index in [0.717, 1.165) is 23.0 Å². The highest BCUT2D eigenvalue weighted by atomic mass is 79.9. The van der Waals surface area contributed by atoms with Crippen molar-refractivity contribution in [1.82, 2.24) is 5.32 Å². The van der Waals surface area contributed by atoms with E-state index < -0.39 is 0 Å². The number of benzene rings is 1. The fourth-order valence-electron chi connectivity index (χ4n) is 1.85. The zero-order chi connectivity index (χ0) is 13.0. The zero-order valence-corrected chi connectivity index (χ0v) is 12.6. The molecular weight excluding hydrogens is 310 g/mol. The van der Waals surface area contributed by atoms with Gasteiger partial charge in [0.2, 0.25) is 0 Å². The van der Waals surface area contributed by atoms with Crippen molar-refractivity contribution in [3.8, 4) is 5.75 Å². The third kappa shape index (κ3) is 3.13. The number of phenolic OH excluding ortho intramolecular Hbond substituents is 1. The number of nitrogens with one attached hydrogen (secondary N) is 1. The molecule has 0 spiro atoms. The molecule has 4 heteroatoms. The number of phenols is 1. The molecule has 0 amide bonds. The van der Waals surface area contributed by atoms with E-state index >= 15 is 0 Å². The molecule has 0 radical (unpaired) electrons. The molecule has 2 rings (SSSR count). The van der Waals surface area contributed by atoms with Gasteiger partial charge in [-0.25, -0.2) is 0 Å². The maximum Gasteiger partial charge on any atom is 0.134 e. The van der Waals surface area contributed by atoms with E-state index in [4.69, 9.17) is 0 Å². The Hall–Kier alpha value is -0.840. The molecule has 0 aliphatic rings. The summed E-state index contributed by atoms with van der Waals surface area (Å²) < 4.78 is 0.743. The predicted octanol–water partition coefficient (Wildman–Crippen LogP) is 4.07. The van der Waals surface area contributed by atoms with Gasteiger partial charge in [0.25, 0.3) is 0 Å². The molecule has 1 aromatic heterocycles. The third-order valence-corrected chi connectivity index (χ3v) is 4.49. The number of rotatable bonds is 5. The summed E-state index contributed by atoms with van der Waals surface area (Å²) in [6.07, 6.45) is 1.07. The number of hydrogen-bond acceptors (Lipinski definition) is 3. The van der Waals surface area contributed by atoms with Gasteiger partial charge in [-0.3, -0.25) is 0 Å². The minimum atomic E-state index is 0.326. The van der Waals surface area contributed by atoms with Crippen LogP contribution in [0.25, 0.3) is 0 Å². The van der Waals surface area contributed by atoms with Gasteiger partial charge >= 0.3 is 0 Å². The van der Waals surface area contributed by atoms with Gasteiger partial charge in [0.15, 0.2) is 0 Å². The van der Waals surface area contributed by atoms with Crippen LogP contribution in [-0.4, -0.2) is 5.11 Å². The van der Waals surface area contributed by atoms with Crippen LogP contribution in [0.5, 0.6) is 5.75 Å². The first-order valence-electron chi connectivity index (χ1n) is 5.94. The molecule has 0 saturated carbocycles. The molecule has 96 valence electrons. The summed E-state index contributed by atoms with van der Waals surface area (Å²) in [7, 11) is 0. The number of para-hydroxylation sites is 1. The molecule has 18 heavy (non-hydrogen) atoms. The van der Waals surface area contributed by atoms with Gasteiger partial charge in [0, 0.05) is 23.5 Å². The standard InChI is InChI=1S/C14H16BrNOS/c1-2-10-6-7-18-13(10)9-16-8-11-4-3-5-12(15)14(11)17/h3-7,16-17H,2,8-9H2,1H3. The molecule has 0 aliphatic carbocycles. The van der Waals surface area contributed by atoms with E-state index in [0.29, 0.717) is 12.3 Å². The summed E-state index contributed by atoms with van der Waals surface area (Å²) in [6, 6.07) is 7.89. The fourth-order valence-corrected chi connectivity index (χ4v) is 3.20. The molecule has 1 aromatic carbocycles. The number of hydrogen-bond donors (Lipinski definition) is 2. The van der Waals surface area contributed by atoms with Crippen molar-refractivity contribution in [3.05, 3.63) is 50.1 Å². The number of aryl methyl sites for hydroxylation is 1. The van der Waals surface area contributed by atoms with Crippen molar-refractivity contribution >= 4 is 27.3 Å². The summed E-state index contributed by atoms with van der Waals surface area (Å²) in [6.45, 7) is 3.70. The average Bonchev–Trinajstić information content (AvgIpc) is 2.82. The molecular formula is C14H16BrNOS. The van der Waals surface area contributed by atoms with Crippen LogP contribution in [0.1, 0.15) is 22.9 Å². The Bertz CT molecular complexity index is 524. The van der Waals surface area contributed by atoms with Crippen LogP contribution < -0.4 is 5.32 Å². The molecule has 0 fully saturated rings. The summed E-state index contributed by atoms with van der Waals surface area (Å²) in [5.74, 6) is 0.326. The quantitative estimate of drug-likeness (QED) is 0.868. The van der Waals surface area contributed by atoms with Gasteiger partial charge in [-0.2, -0.15) is 0 Å². The lowest BCUT2D eigenvalue weighted by Gasteiger charge is -2.08. The molecule has 0 bridgehead atoms. The van der Waals surface area contributed by atoms with Gasteiger partial charge in [0.05, 0.1) is 4.47 Å². The van der Waals surface area contributed by atoms with Crippen LogP contribution in [0, 0.1) is 0 Å². The first-order chi connectivity index (χ1) is 8.72. The summed E-state index contributed by atoms with van der Waals surface area (Å²) in [5, 5.41) is 15.4. The van der Waals surface area contributed by atoms with Crippen molar-refractivity contribution in [2.45, 2.75) is 26.4 Å². The molecule has 2 nitrogen and oxygen atoms in total. The number of halogens is 1. The Kier molecular flexibility index (Phi) is 4.80. The Balaban J connectivity index is 1.94. The molecule has 0 aliphatic heterocycles. The van der Waals surface area contributed by atoms with Crippen molar-refractivity contribution < 1.29 is 5.11 Å². The Morgan fingerprint density at radius 3 is 2.83 bits per heavy atom. The van der Waals surface area contributed by atoms with Crippen LogP contribution in [0.4, 0.5) is 0 Å². The second-order valence-corrected chi connectivity index (χ2v) is 5.93. The smallest absolute Gasteiger partial charge is 0.134 e. The van der Waals surface area contributed by atoms with E-state index in [2.05, 4.69) is 39.6 Å². The lowest BCUT2D eigenvalue weighted by Crippen LogP contribution is -2.12. The minimum absolute atomic E-state index is 0.326.